The van der Waals surface area contributed by atoms with E-state index in [2.05, 4.69) is 24.3 Å². The van der Waals surface area contributed by atoms with Gasteiger partial charge in [-0.05, 0) is 71.3 Å². The highest BCUT2D eigenvalue weighted by molar-refractivity contribution is 5.69. The van der Waals surface area contributed by atoms with Crippen LogP contribution in [0.4, 0.5) is 0 Å². The van der Waals surface area contributed by atoms with Crippen molar-refractivity contribution in [3.05, 3.63) is 35.4 Å². The maximum absolute atomic E-state index is 5.79. The molecule has 8 atom stereocenters. The van der Waals surface area contributed by atoms with Crippen molar-refractivity contribution in [3.63, 3.8) is 0 Å². The fourth-order valence-electron chi connectivity index (χ4n) is 8.92. The molecule has 7 aliphatic rings. The number of hydrogen-bond donors (Lipinski definition) is 0. The lowest BCUT2D eigenvalue weighted by atomic mass is 9.00. The van der Waals surface area contributed by atoms with Crippen molar-refractivity contribution in [1.82, 2.24) is 0 Å². The quantitative estimate of drug-likeness (QED) is 0.773. The molecular weight excluding hydrogens is 272 g/mol. The molecule has 7 aliphatic carbocycles. The Labute approximate surface area is 130 Å². The number of hydrogen-bond acceptors (Lipinski definition) is 2. The van der Waals surface area contributed by atoms with Gasteiger partial charge < -0.3 is 9.47 Å². The third kappa shape index (κ3) is 0.654. The highest BCUT2D eigenvalue weighted by atomic mass is 16.5. The summed E-state index contributed by atoms with van der Waals surface area (Å²) in [6.07, 6.45) is 7.59. The molecule has 4 saturated carbocycles. The molecule has 2 bridgehead atoms. The van der Waals surface area contributed by atoms with E-state index < -0.39 is 0 Å². The zero-order valence-corrected chi connectivity index (χ0v) is 13.0. The van der Waals surface area contributed by atoms with Crippen molar-refractivity contribution < 1.29 is 9.47 Å². The zero-order valence-electron chi connectivity index (χ0n) is 13.0. The first kappa shape index (κ1) is 11.2. The van der Waals surface area contributed by atoms with Gasteiger partial charge in [0.25, 0.3) is 0 Å². The smallest absolute Gasteiger partial charge is 0.122 e. The molecule has 0 aliphatic heterocycles. The van der Waals surface area contributed by atoms with Crippen LogP contribution in [0.15, 0.2) is 24.3 Å². The summed E-state index contributed by atoms with van der Waals surface area (Å²) in [6, 6.07) is 4.28. The fraction of sp³-hybridized carbons (Fsp3) is 0.600. The predicted molar refractivity (Wildman–Crippen MR) is 82.2 cm³/mol. The van der Waals surface area contributed by atoms with Crippen molar-refractivity contribution in [2.24, 2.45) is 34.5 Å². The van der Waals surface area contributed by atoms with Gasteiger partial charge in [-0.25, -0.2) is 0 Å². The predicted octanol–water partition coefficient (Wildman–Crippen LogP) is 3.73. The normalized spacial score (nSPS) is 55.5. The lowest BCUT2D eigenvalue weighted by Crippen LogP contribution is -2.98. The summed E-state index contributed by atoms with van der Waals surface area (Å²) in [7, 11) is 3.66. The first-order valence-electron chi connectivity index (χ1n) is 8.72. The highest BCUT2D eigenvalue weighted by Crippen LogP contribution is 3.06. The molecule has 0 unspecified atom stereocenters. The molecular formula is C20H20O2. The third-order valence-electron chi connectivity index (χ3n) is 8.94. The minimum Gasteiger partial charge on any atom is -0.496 e. The van der Waals surface area contributed by atoms with Crippen LogP contribution in [0.25, 0.3) is 0 Å². The van der Waals surface area contributed by atoms with Gasteiger partial charge in [0.05, 0.1) is 14.2 Å². The molecule has 2 heteroatoms. The van der Waals surface area contributed by atoms with Crippen LogP contribution in [0.1, 0.15) is 35.8 Å². The molecule has 22 heavy (non-hydrogen) atoms. The number of methoxy groups -OCH3 is 2. The molecule has 2 nitrogen and oxygen atoms in total. The summed E-state index contributed by atoms with van der Waals surface area (Å²) in [5.74, 6) is 7.78. The van der Waals surface area contributed by atoms with Crippen LogP contribution in [0.3, 0.4) is 0 Å². The first-order chi connectivity index (χ1) is 10.8. The largest absolute Gasteiger partial charge is 0.496 e. The van der Waals surface area contributed by atoms with Crippen LogP contribution in [0, 0.1) is 34.5 Å². The zero-order chi connectivity index (χ0) is 14.4. The molecule has 112 valence electrons. The van der Waals surface area contributed by atoms with Gasteiger partial charge in [-0.1, -0.05) is 12.2 Å². The minimum atomic E-state index is 0.600. The number of benzene rings is 1. The van der Waals surface area contributed by atoms with E-state index in [1.54, 1.807) is 0 Å². The lowest BCUT2D eigenvalue weighted by molar-refractivity contribution is -0.516. The summed E-state index contributed by atoms with van der Waals surface area (Å²) < 4.78 is 11.6. The second kappa shape index (κ2) is 2.86. The van der Waals surface area contributed by atoms with Crippen LogP contribution in [-0.4, -0.2) is 14.2 Å². The van der Waals surface area contributed by atoms with Gasteiger partial charge in [0.2, 0.25) is 0 Å². The summed E-state index contributed by atoms with van der Waals surface area (Å²) in [5.41, 5.74) is 4.27. The van der Waals surface area contributed by atoms with E-state index in [9.17, 15) is 0 Å². The SMILES string of the molecule is COc1ccc(OC)c2c1[C@H]1[C@@H]3[C@H]4[C@H]5[C@@H]3[C@@]13CC=CC[C@]53[C@@H]24. The molecule has 0 N–H and O–H groups in total. The highest BCUT2D eigenvalue weighted by Gasteiger charge is 3.01. The Kier molecular flexibility index (Phi) is 1.45. The molecule has 0 radical (unpaired) electrons. The van der Waals surface area contributed by atoms with Gasteiger partial charge in [0, 0.05) is 11.1 Å². The van der Waals surface area contributed by atoms with Crippen molar-refractivity contribution in [2.75, 3.05) is 14.2 Å². The summed E-state index contributed by atoms with van der Waals surface area (Å²) >= 11 is 0. The first-order valence-corrected chi connectivity index (χ1v) is 8.72. The molecule has 1 aromatic carbocycles. The fourth-order valence-corrected chi connectivity index (χ4v) is 8.92. The monoisotopic (exact) mass is 292 g/mol. The van der Waals surface area contributed by atoms with Crippen LogP contribution in [0.2, 0.25) is 0 Å². The van der Waals surface area contributed by atoms with Gasteiger partial charge in [-0.15, -0.1) is 0 Å². The van der Waals surface area contributed by atoms with E-state index in [1.165, 1.54) is 24.0 Å². The van der Waals surface area contributed by atoms with E-state index in [1.807, 2.05) is 14.2 Å². The summed E-state index contributed by atoms with van der Waals surface area (Å²) in [5, 5.41) is 0. The average Bonchev–Trinajstić information content (AvgIpc) is 2.54. The number of allylic oxidation sites excluding steroid dienone is 2. The summed E-state index contributed by atoms with van der Waals surface area (Å²) in [4.78, 5) is 0. The molecule has 4 fully saturated rings. The van der Waals surface area contributed by atoms with Gasteiger partial charge in [-0.3, -0.25) is 0 Å². The van der Waals surface area contributed by atoms with Gasteiger partial charge in [0.15, 0.2) is 0 Å². The van der Waals surface area contributed by atoms with Crippen molar-refractivity contribution in [3.8, 4) is 11.5 Å². The molecule has 0 aromatic heterocycles. The van der Waals surface area contributed by atoms with E-state index in [0.717, 1.165) is 47.0 Å². The van der Waals surface area contributed by atoms with Gasteiger partial charge in [-0.2, -0.15) is 0 Å². The molecule has 0 amide bonds. The lowest BCUT2D eigenvalue weighted by Gasteiger charge is -3.03. The van der Waals surface area contributed by atoms with Gasteiger partial charge in [0.1, 0.15) is 11.5 Å². The van der Waals surface area contributed by atoms with E-state index in [0.29, 0.717) is 10.8 Å². The Morgan fingerprint density at radius 1 is 0.818 bits per heavy atom. The van der Waals surface area contributed by atoms with Crippen molar-refractivity contribution in [2.45, 2.75) is 24.7 Å². The maximum Gasteiger partial charge on any atom is 0.122 e. The number of rotatable bonds is 2. The topological polar surface area (TPSA) is 18.5 Å². The van der Waals surface area contributed by atoms with E-state index >= 15 is 0 Å². The van der Waals surface area contributed by atoms with Crippen molar-refractivity contribution >= 4 is 0 Å². The standard InChI is InChI=1S/C20H20O2/c1-21-9-5-6-10(22-2)12-11(9)15-13-14-16(12)20-8-4-3-7-19(15,20)17(13)18(14)20/h3-6,13-18H,7-8H2,1-2H3/t13-,14+,15-,16-,17+,18-,19+,20-/m0/s1. The number of ether oxygens (including phenoxy) is 2. The molecule has 1 aromatic rings. The third-order valence-corrected chi connectivity index (χ3v) is 8.94. The van der Waals surface area contributed by atoms with E-state index in [4.69, 9.17) is 9.47 Å². The molecule has 0 heterocycles. The maximum atomic E-state index is 5.79. The van der Waals surface area contributed by atoms with Gasteiger partial charge >= 0.3 is 0 Å². The van der Waals surface area contributed by atoms with Crippen LogP contribution < -0.4 is 9.47 Å². The van der Waals surface area contributed by atoms with Crippen LogP contribution in [-0.2, 0) is 0 Å². The summed E-state index contributed by atoms with van der Waals surface area (Å²) in [6.45, 7) is 0. The second-order valence-electron chi connectivity index (χ2n) is 8.42. The Morgan fingerprint density at radius 3 is 1.68 bits per heavy atom. The second-order valence-corrected chi connectivity index (χ2v) is 8.42. The average molecular weight is 292 g/mol. The Morgan fingerprint density at radius 2 is 1.27 bits per heavy atom. The Balaban J connectivity index is 1.58. The molecule has 8 rings (SSSR count). The Hall–Kier alpha value is -1.44. The minimum absolute atomic E-state index is 0.600. The van der Waals surface area contributed by atoms with Crippen molar-refractivity contribution in [1.29, 1.82) is 0 Å². The van der Waals surface area contributed by atoms with E-state index in [-0.39, 0.29) is 0 Å². The Bertz CT molecular complexity index is 730. The van der Waals surface area contributed by atoms with Crippen LogP contribution in [0.5, 0.6) is 11.5 Å². The molecule has 0 saturated heterocycles. The van der Waals surface area contributed by atoms with Crippen LogP contribution >= 0.6 is 0 Å². The molecule has 2 spiro atoms.